The molecule has 0 bridgehead atoms. The number of hydrogen-bond acceptors (Lipinski definition) is 1. The molecule has 0 unspecified atom stereocenters. The summed E-state index contributed by atoms with van der Waals surface area (Å²) in [5, 5.41) is 0. The minimum atomic E-state index is -0.236. The molecule has 0 aliphatic carbocycles. The summed E-state index contributed by atoms with van der Waals surface area (Å²) in [6, 6.07) is 1.27. The molecular formula is C6H14OSi. The van der Waals surface area contributed by atoms with Crippen LogP contribution >= 0.6 is 0 Å². The maximum atomic E-state index is 5.23. The first kappa shape index (κ1) is 7.76. The Labute approximate surface area is 53.7 Å². The van der Waals surface area contributed by atoms with E-state index in [2.05, 4.69) is 13.5 Å². The highest BCUT2D eigenvalue weighted by Crippen LogP contribution is 1.92. The molecule has 2 heteroatoms. The van der Waals surface area contributed by atoms with Gasteiger partial charge in [0.1, 0.15) is 0 Å². The van der Waals surface area contributed by atoms with Crippen LogP contribution in [0.2, 0.25) is 6.04 Å². The Bertz CT molecular complexity index is 70.9. The molecule has 0 N–H and O–H groups in total. The minimum absolute atomic E-state index is 0.236. The topological polar surface area (TPSA) is 9.23 Å². The summed E-state index contributed by atoms with van der Waals surface area (Å²) in [4.78, 5) is 0. The minimum Gasteiger partial charge on any atom is -0.553 e. The van der Waals surface area contributed by atoms with Gasteiger partial charge in [-0.3, -0.25) is 0 Å². The molecule has 0 aliphatic rings. The van der Waals surface area contributed by atoms with Crippen LogP contribution in [0.5, 0.6) is 0 Å². The van der Waals surface area contributed by atoms with E-state index in [0.29, 0.717) is 0 Å². The lowest BCUT2D eigenvalue weighted by Crippen LogP contribution is -1.93. The molecule has 1 nitrogen and oxygen atoms in total. The fraction of sp³-hybridized carbons (Fsp3) is 0.667. The van der Waals surface area contributed by atoms with Crippen LogP contribution < -0.4 is 0 Å². The molecular weight excluding hydrogens is 116 g/mol. The van der Waals surface area contributed by atoms with Crippen molar-refractivity contribution < 1.29 is 4.43 Å². The lowest BCUT2D eigenvalue weighted by Gasteiger charge is -2.00. The van der Waals surface area contributed by atoms with Crippen molar-refractivity contribution in [1.29, 1.82) is 0 Å². The third kappa shape index (κ3) is 5.76. The largest absolute Gasteiger partial charge is 0.553 e. The highest BCUT2D eigenvalue weighted by atomic mass is 28.2. The summed E-state index contributed by atoms with van der Waals surface area (Å²) < 4.78 is 5.23. The smallest absolute Gasteiger partial charge is 0.219 e. The molecule has 0 aromatic heterocycles. The molecule has 8 heavy (non-hydrogen) atoms. The van der Waals surface area contributed by atoms with E-state index in [1.807, 2.05) is 6.92 Å². The molecule has 0 atom stereocenters. The Hall–Kier alpha value is -0.243. The lowest BCUT2D eigenvalue weighted by molar-refractivity contribution is 0.456. The van der Waals surface area contributed by atoms with E-state index in [4.69, 9.17) is 4.43 Å². The van der Waals surface area contributed by atoms with Crippen LogP contribution in [-0.2, 0) is 4.43 Å². The van der Waals surface area contributed by atoms with E-state index in [-0.39, 0.29) is 9.76 Å². The molecule has 0 amide bonds. The SMILES string of the molecule is C=C(C)O[SiH2]CCC. The van der Waals surface area contributed by atoms with Gasteiger partial charge in [0.25, 0.3) is 0 Å². The molecule has 0 saturated carbocycles. The molecule has 0 saturated heterocycles. The van der Waals surface area contributed by atoms with Gasteiger partial charge in [-0.05, 0) is 13.0 Å². The zero-order chi connectivity index (χ0) is 6.41. The van der Waals surface area contributed by atoms with E-state index in [1.54, 1.807) is 0 Å². The van der Waals surface area contributed by atoms with Crippen LogP contribution in [0.4, 0.5) is 0 Å². The summed E-state index contributed by atoms with van der Waals surface area (Å²) in [6.45, 7) is 7.72. The highest BCUT2D eigenvalue weighted by Gasteiger charge is 1.84. The van der Waals surface area contributed by atoms with Crippen LogP contribution in [0.25, 0.3) is 0 Å². The second-order valence-corrected chi connectivity index (χ2v) is 3.31. The zero-order valence-corrected chi connectivity index (χ0v) is 7.15. The average Bonchev–Trinajstić information content (AvgIpc) is 1.66. The molecule has 0 aliphatic heterocycles. The first-order valence-electron chi connectivity index (χ1n) is 3.05. The van der Waals surface area contributed by atoms with E-state index in [9.17, 15) is 0 Å². The molecule has 0 rings (SSSR count). The lowest BCUT2D eigenvalue weighted by atomic mass is 10.6. The van der Waals surface area contributed by atoms with Gasteiger partial charge in [-0.15, -0.1) is 0 Å². The van der Waals surface area contributed by atoms with Crippen LogP contribution in [0.15, 0.2) is 12.3 Å². The van der Waals surface area contributed by atoms with Gasteiger partial charge in [-0.2, -0.15) is 0 Å². The second-order valence-electron chi connectivity index (χ2n) is 1.90. The van der Waals surface area contributed by atoms with Crippen molar-refractivity contribution in [3.63, 3.8) is 0 Å². The number of hydrogen-bond donors (Lipinski definition) is 0. The predicted molar refractivity (Wildman–Crippen MR) is 39.5 cm³/mol. The summed E-state index contributed by atoms with van der Waals surface area (Å²) in [5.74, 6) is 0.880. The van der Waals surface area contributed by atoms with Crippen LogP contribution in [0.3, 0.4) is 0 Å². The Morgan fingerprint density at radius 2 is 2.38 bits per heavy atom. The van der Waals surface area contributed by atoms with Gasteiger partial charge >= 0.3 is 0 Å². The predicted octanol–water partition coefficient (Wildman–Crippen LogP) is 1.45. The first-order valence-corrected chi connectivity index (χ1v) is 4.63. The summed E-state index contributed by atoms with van der Waals surface area (Å²) in [6.07, 6.45) is 1.25. The van der Waals surface area contributed by atoms with Crippen molar-refractivity contribution >= 4 is 9.76 Å². The third-order valence-electron chi connectivity index (χ3n) is 0.846. The van der Waals surface area contributed by atoms with Crippen molar-refractivity contribution in [2.24, 2.45) is 0 Å². The molecule has 0 spiro atoms. The van der Waals surface area contributed by atoms with Gasteiger partial charge in [0.05, 0.1) is 5.76 Å². The van der Waals surface area contributed by atoms with Gasteiger partial charge in [0, 0.05) is 0 Å². The van der Waals surface area contributed by atoms with E-state index < -0.39 is 0 Å². The second kappa shape index (κ2) is 4.90. The standard InChI is InChI=1S/C6H14OSi/c1-4-5-8-7-6(2)3/h2,4-5,8H2,1,3H3. The Morgan fingerprint density at radius 1 is 1.75 bits per heavy atom. The fourth-order valence-electron chi connectivity index (χ4n) is 0.391. The van der Waals surface area contributed by atoms with Gasteiger partial charge in [-0.25, -0.2) is 0 Å². The Balaban J connectivity index is 2.82. The van der Waals surface area contributed by atoms with Gasteiger partial charge in [0.15, 0.2) is 0 Å². The highest BCUT2D eigenvalue weighted by molar-refractivity contribution is 6.27. The molecule has 0 aromatic carbocycles. The van der Waals surface area contributed by atoms with E-state index in [0.717, 1.165) is 5.76 Å². The molecule has 0 aromatic rings. The maximum Gasteiger partial charge on any atom is 0.219 e. The van der Waals surface area contributed by atoms with E-state index in [1.165, 1.54) is 12.5 Å². The number of allylic oxidation sites excluding steroid dienone is 1. The normalized spacial score (nSPS) is 10.2. The van der Waals surface area contributed by atoms with Crippen LogP contribution in [0, 0.1) is 0 Å². The van der Waals surface area contributed by atoms with Crippen molar-refractivity contribution in [3.8, 4) is 0 Å². The first-order chi connectivity index (χ1) is 3.77. The summed E-state index contributed by atoms with van der Waals surface area (Å²) in [5.41, 5.74) is 0. The van der Waals surface area contributed by atoms with E-state index >= 15 is 0 Å². The fourth-order valence-corrected chi connectivity index (χ4v) is 1.17. The van der Waals surface area contributed by atoms with Gasteiger partial charge < -0.3 is 4.43 Å². The quantitative estimate of drug-likeness (QED) is 0.318. The number of rotatable bonds is 4. The zero-order valence-electron chi connectivity index (χ0n) is 5.74. The third-order valence-corrected chi connectivity index (χ3v) is 2.54. The van der Waals surface area contributed by atoms with Gasteiger partial charge in [-0.1, -0.05) is 19.9 Å². The average molecular weight is 130 g/mol. The van der Waals surface area contributed by atoms with Crippen molar-refractivity contribution in [1.82, 2.24) is 0 Å². The van der Waals surface area contributed by atoms with Crippen LogP contribution in [-0.4, -0.2) is 9.76 Å². The Morgan fingerprint density at radius 3 is 2.75 bits per heavy atom. The molecule has 0 fully saturated rings. The molecule has 48 valence electrons. The van der Waals surface area contributed by atoms with Crippen molar-refractivity contribution in [2.45, 2.75) is 26.3 Å². The van der Waals surface area contributed by atoms with Crippen LogP contribution in [0.1, 0.15) is 20.3 Å². The molecule has 0 radical (unpaired) electrons. The van der Waals surface area contributed by atoms with Crippen molar-refractivity contribution in [3.05, 3.63) is 12.3 Å². The van der Waals surface area contributed by atoms with Crippen molar-refractivity contribution in [2.75, 3.05) is 0 Å². The molecule has 0 heterocycles. The summed E-state index contributed by atoms with van der Waals surface area (Å²) in [7, 11) is -0.236. The monoisotopic (exact) mass is 130 g/mol. The van der Waals surface area contributed by atoms with Gasteiger partial charge in [0.2, 0.25) is 9.76 Å². The summed E-state index contributed by atoms with van der Waals surface area (Å²) >= 11 is 0. The maximum absolute atomic E-state index is 5.23. The Kier molecular flexibility index (Phi) is 4.76.